The largest absolute Gasteiger partial charge is 0.497 e. The van der Waals surface area contributed by atoms with E-state index in [0.717, 1.165) is 43.0 Å². The van der Waals surface area contributed by atoms with E-state index >= 15 is 0 Å². The number of nitrogens with zero attached hydrogens (tertiary/aromatic N) is 4. The molecule has 0 amide bonds. The van der Waals surface area contributed by atoms with Crippen LogP contribution in [0.4, 0.5) is 5.82 Å². The van der Waals surface area contributed by atoms with Crippen LogP contribution in [-0.2, 0) is 0 Å². The highest BCUT2D eigenvalue weighted by molar-refractivity contribution is 14.1. The Morgan fingerprint density at radius 3 is 2.06 bits per heavy atom. The normalized spacial score (nSPS) is 10.3. The number of aryl methyl sites for hydroxylation is 4. The molecule has 186 valence electrons. The van der Waals surface area contributed by atoms with Gasteiger partial charge < -0.3 is 24.9 Å². The Bertz CT molecular complexity index is 1440. The molecule has 2 aromatic carbocycles. The Morgan fingerprint density at radius 1 is 0.833 bits per heavy atom. The van der Waals surface area contributed by atoms with Crippen molar-refractivity contribution < 1.29 is 19.2 Å². The number of aromatic nitrogens is 4. The van der Waals surface area contributed by atoms with Gasteiger partial charge >= 0.3 is 7.12 Å². The van der Waals surface area contributed by atoms with Crippen molar-refractivity contribution in [3.8, 4) is 5.75 Å². The third kappa shape index (κ3) is 6.48. The van der Waals surface area contributed by atoms with Crippen LogP contribution in [0.1, 0.15) is 22.8 Å². The van der Waals surface area contributed by atoms with E-state index < -0.39 is 7.12 Å². The van der Waals surface area contributed by atoms with Crippen molar-refractivity contribution in [2.75, 3.05) is 12.8 Å². The van der Waals surface area contributed by atoms with Gasteiger partial charge in [-0.05, 0) is 68.5 Å². The van der Waals surface area contributed by atoms with Crippen molar-refractivity contribution in [1.82, 2.24) is 19.9 Å². The molecule has 5 rings (SSSR count). The summed E-state index contributed by atoms with van der Waals surface area (Å²) in [4.78, 5) is 17.1. The molecule has 4 N–H and O–H groups in total. The van der Waals surface area contributed by atoms with Crippen LogP contribution < -0.4 is 15.9 Å². The molecule has 11 heteroatoms. The van der Waals surface area contributed by atoms with E-state index in [4.69, 9.17) is 24.9 Å². The van der Waals surface area contributed by atoms with Crippen LogP contribution in [0.15, 0.2) is 52.9 Å². The fraction of sp³-hybridized carbons (Fsp3) is 0.200. The van der Waals surface area contributed by atoms with Crippen LogP contribution in [-0.4, -0.2) is 44.2 Å². The molecule has 0 saturated heterocycles. The molecule has 0 atom stereocenters. The lowest BCUT2D eigenvalue weighted by atomic mass is 9.80. The molecule has 0 aliphatic carbocycles. The van der Waals surface area contributed by atoms with E-state index in [1.165, 1.54) is 7.11 Å². The number of para-hydroxylation sites is 2. The highest BCUT2D eigenvalue weighted by atomic mass is 127. The molecule has 3 heterocycles. The Kier molecular flexibility index (Phi) is 9.18. The number of nitrogen functional groups attached to an aromatic ring is 1. The average Bonchev–Trinajstić information content (AvgIpc) is 3.21. The van der Waals surface area contributed by atoms with E-state index in [-0.39, 0.29) is 0 Å². The Labute approximate surface area is 223 Å². The van der Waals surface area contributed by atoms with E-state index in [0.29, 0.717) is 22.7 Å². The first-order chi connectivity index (χ1) is 17.1. The molecule has 0 unspecified atom stereocenters. The number of rotatable bonds is 2. The maximum absolute atomic E-state index is 8.81. The molecule has 0 fully saturated rings. The molecule has 0 spiro atoms. The summed E-state index contributed by atoms with van der Waals surface area (Å²) in [6.45, 7) is 7.72. The Morgan fingerprint density at radius 2 is 1.42 bits per heavy atom. The molecule has 0 aliphatic rings. The van der Waals surface area contributed by atoms with Gasteiger partial charge in [0.2, 0.25) is 5.71 Å². The lowest BCUT2D eigenvalue weighted by Gasteiger charge is -2.05. The van der Waals surface area contributed by atoms with Gasteiger partial charge in [-0.3, -0.25) is 0 Å². The first kappa shape index (κ1) is 27.3. The van der Waals surface area contributed by atoms with E-state index in [1.807, 2.05) is 52.0 Å². The summed E-state index contributed by atoms with van der Waals surface area (Å²) in [5, 5.41) is 18.7. The molecular weight excluding hydrogens is 572 g/mol. The number of hydrogen-bond acceptors (Lipinski definition) is 9. The van der Waals surface area contributed by atoms with Crippen LogP contribution in [0.5, 0.6) is 5.75 Å². The molecule has 0 radical (unpaired) electrons. The second-order valence-corrected chi connectivity index (χ2v) is 8.85. The van der Waals surface area contributed by atoms with Gasteiger partial charge in [0, 0.05) is 10.8 Å². The smallest absolute Gasteiger partial charge is 0.492 e. The Balaban J connectivity index is 0.000000155. The molecule has 0 saturated carbocycles. The Hall–Kier alpha value is -3.29. The number of benzene rings is 2. The highest BCUT2D eigenvalue weighted by Crippen LogP contribution is 2.26. The third-order valence-corrected chi connectivity index (χ3v) is 6.12. The zero-order valence-corrected chi connectivity index (χ0v) is 22.8. The van der Waals surface area contributed by atoms with Crippen molar-refractivity contribution in [3.05, 3.63) is 75.0 Å². The van der Waals surface area contributed by atoms with Crippen LogP contribution in [0, 0.1) is 31.4 Å². The minimum atomic E-state index is -1.47. The third-order valence-electron chi connectivity index (χ3n) is 5.33. The van der Waals surface area contributed by atoms with Gasteiger partial charge in [-0.25, -0.2) is 19.9 Å². The molecule has 0 bridgehead atoms. The number of ether oxygens (including phenoxy) is 1. The number of methoxy groups -OCH3 is 1. The van der Waals surface area contributed by atoms with Crippen molar-refractivity contribution in [2.24, 2.45) is 0 Å². The predicted molar refractivity (Wildman–Crippen MR) is 150 cm³/mol. The summed E-state index contributed by atoms with van der Waals surface area (Å²) in [5.41, 5.74) is 11.9. The van der Waals surface area contributed by atoms with Gasteiger partial charge in [-0.2, -0.15) is 0 Å². The summed E-state index contributed by atoms with van der Waals surface area (Å²) in [6.07, 6.45) is 0. The highest BCUT2D eigenvalue weighted by Gasteiger charge is 2.15. The quantitative estimate of drug-likeness (QED) is 0.205. The van der Waals surface area contributed by atoms with Crippen molar-refractivity contribution in [3.63, 3.8) is 0 Å². The number of anilines is 1. The monoisotopic (exact) mass is 599 g/mol. The van der Waals surface area contributed by atoms with Gasteiger partial charge in [0.25, 0.3) is 0 Å². The van der Waals surface area contributed by atoms with Crippen molar-refractivity contribution in [1.29, 1.82) is 0 Å². The summed E-state index contributed by atoms with van der Waals surface area (Å²) < 4.78 is 11.3. The maximum Gasteiger partial charge on any atom is 0.492 e. The lowest BCUT2D eigenvalue weighted by molar-refractivity contribution is 0.403. The minimum Gasteiger partial charge on any atom is -0.497 e. The minimum absolute atomic E-state index is 0.384. The summed E-state index contributed by atoms with van der Waals surface area (Å²) >= 11 is 2.07. The van der Waals surface area contributed by atoms with Gasteiger partial charge in [0.15, 0.2) is 5.82 Å². The predicted octanol–water partition coefficient (Wildman–Crippen LogP) is 3.65. The van der Waals surface area contributed by atoms with Crippen LogP contribution >= 0.6 is 22.6 Å². The average molecular weight is 599 g/mol. The van der Waals surface area contributed by atoms with Crippen LogP contribution in [0.3, 0.4) is 0 Å². The lowest BCUT2D eigenvalue weighted by Crippen LogP contribution is -2.30. The zero-order valence-electron chi connectivity index (χ0n) is 20.7. The van der Waals surface area contributed by atoms with Gasteiger partial charge in [-0.1, -0.05) is 30.3 Å². The SMILES string of the molecule is COc1ccccc1B(O)O.Cc1nc(N)c(I)nc1C.Cc1nc2oc3ccccc3c2nc1C. The number of halogens is 1. The second kappa shape index (κ2) is 12.1. The first-order valence-corrected chi connectivity index (χ1v) is 12.1. The molecule has 0 aliphatic heterocycles. The number of hydrogen-bond donors (Lipinski definition) is 3. The summed E-state index contributed by atoms with van der Waals surface area (Å²) in [6, 6.07) is 14.6. The summed E-state index contributed by atoms with van der Waals surface area (Å²) in [7, 11) is 0.0208. The fourth-order valence-electron chi connectivity index (χ4n) is 3.16. The number of fused-ring (bicyclic) bond motifs is 3. The van der Waals surface area contributed by atoms with E-state index in [2.05, 4.69) is 42.5 Å². The van der Waals surface area contributed by atoms with Crippen LogP contribution in [0.2, 0.25) is 0 Å². The molecular formula is C25H27BIN5O4. The fourth-order valence-corrected chi connectivity index (χ4v) is 3.64. The second-order valence-electron chi connectivity index (χ2n) is 7.83. The van der Waals surface area contributed by atoms with E-state index in [9.17, 15) is 0 Å². The maximum atomic E-state index is 8.81. The molecule has 36 heavy (non-hydrogen) atoms. The molecule has 9 nitrogen and oxygen atoms in total. The first-order valence-electron chi connectivity index (χ1n) is 11.0. The number of furan rings is 1. The molecule has 3 aromatic heterocycles. The van der Waals surface area contributed by atoms with Gasteiger partial charge in [0.05, 0.1) is 29.9 Å². The zero-order chi connectivity index (χ0) is 26.4. The van der Waals surface area contributed by atoms with E-state index in [1.54, 1.807) is 24.3 Å². The van der Waals surface area contributed by atoms with Gasteiger partial charge in [0.1, 0.15) is 20.5 Å². The van der Waals surface area contributed by atoms with Crippen LogP contribution in [0.25, 0.3) is 22.2 Å². The molecule has 5 aromatic rings. The number of nitrogens with two attached hydrogens (primary N) is 1. The van der Waals surface area contributed by atoms with Crippen molar-refractivity contribution in [2.45, 2.75) is 27.7 Å². The topological polar surface area (TPSA) is 140 Å². The van der Waals surface area contributed by atoms with Crippen molar-refractivity contribution >= 4 is 63.2 Å². The standard InChI is InChI=1S/C12H10N2O.C7H9BO3.C6H8IN3/c1-7-8(2)14-12-11(13-7)9-5-3-4-6-10(9)15-12;1-11-7-5-3-2-4-6(7)8(9)10;1-3-4(2)10-6(8)5(7)9-3/h3-6H,1-2H3;2-5,9-10H,1H3;1-2H3,(H2,8,10). The summed E-state index contributed by atoms with van der Waals surface area (Å²) in [5.74, 6) is 1.01. The van der Waals surface area contributed by atoms with Gasteiger partial charge in [-0.15, -0.1) is 0 Å².